The van der Waals surface area contributed by atoms with E-state index in [4.69, 9.17) is 0 Å². The molecular formula is C25H33N3O4S. The first-order valence-electron chi connectivity index (χ1n) is 11.2. The fourth-order valence-corrected chi connectivity index (χ4v) is 5.67. The van der Waals surface area contributed by atoms with Crippen LogP contribution in [0, 0.1) is 19.8 Å². The molecule has 1 saturated heterocycles. The van der Waals surface area contributed by atoms with Crippen LogP contribution in [-0.2, 0) is 19.6 Å². The van der Waals surface area contributed by atoms with Crippen molar-refractivity contribution in [3.05, 3.63) is 59.7 Å². The maximum atomic E-state index is 13.5. The lowest BCUT2D eigenvalue weighted by Crippen LogP contribution is -2.70. The fraction of sp³-hybridized carbons (Fsp3) is 0.440. The third-order valence-electron chi connectivity index (χ3n) is 6.01. The van der Waals surface area contributed by atoms with Crippen molar-refractivity contribution >= 4 is 27.5 Å². The van der Waals surface area contributed by atoms with Gasteiger partial charge < -0.3 is 5.32 Å². The molecule has 0 aromatic heterocycles. The first-order chi connectivity index (χ1) is 15.5. The standard InChI is InChI=1S/C25H33N3O4S/c1-18(2)13-14-26-24(30)25(5)17-27(33(31,32)21-9-7-6-8-10-21)16-23(29)28(25)22-12-11-19(3)15-20(22)4/h6-12,15,18H,13-14,16-17H2,1-5H3,(H,26,30)/t25-/m0/s1. The van der Waals surface area contributed by atoms with Gasteiger partial charge in [-0.25, -0.2) is 8.42 Å². The van der Waals surface area contributed by atoms with Crippen LogP contribution in [0.4, 0.5) is 5.69 Å². The Morgan fingerprint density at radius 3 is 2.39 bits per heavy atom. The molecular weight excluding hydrogens is 438 g/mol. The van der Waals surface area contributed by atoms with Gasteiger partial charge in [0.15, 0.2) is 0 Å². The first kappa shape index (κ1) is 24.9. The van der Waals surface area contributed by atoms with Crippen LogP contribution in [-0.4, -0.2) is 49.7 Å². The molecule has 1 N–H and O–H groups in total. The van der Waals surface area contributed by atoms with Gasteiger partial charge in [-0.3, -0.25) is 14.5 Å². The molecule has 0 radical (unpaired) electrons. The Morgan fingerprint density at radius 2 is 1.79 bits per heavy atom. The first-order valence-corrected chi connectivity index (χ1v) is 12.6. The number of hydrogen-bond acceptors (Lipinski definition) is 4. The molecule has 2 aromatic carbocycles. The van der Waals surface area contributed by atoms with E-state index in [-0.39, 0.29) is 23.9 Å². The highest BCUT2D eigenvalue weighted by molar-refractivity contribution is 7.89. The van der Waals surface area contributed by atoms with E-state index in [9.17, 15) is 18.0 Å². The lowest BCUT2D eigenvalue weighted by atomic mass is 9.93. The molecule has 0 saturated carbocycles. The number of sulfonamides is 1. The summed E-state index contributed by atoms with van der Waals surface area (Å²) in [4.78, 5) is 28.5. The zero-order valence-corrected chi connectivity index (χ0v) is 20.8. The second-order valence-electron chi connectivity index (χ2n) is 9.32. The summed E-state index contributed by atoms with van der Waals surface area (Å²) in [7, 11) is -3.95. The number of anilines is 1. The van der Waals surface area contributed by atoms with Gasteiger partial charge >= 0.3 is 0 Å². The maximum Gasteiger partial charge on any atom is 0.247 e. The molecule has 2 amide bonds. The van der Waals surface area contributed by atoms with Gasteiger partial charge in [-0.1, -0.05) is 49.7 Å². The van der Waals surface area contributed by atoms with Crippen molar-refractivity contribution in [2.75, 3.05) is 24.5 Å². The zero-order chi connectivity index (χ0) is 24.4. The van der Waals surface area contributed by atoms with Gasteiger partial charge in [0.05, 0.1) is 11.4 Å². The van der Waals surface area contributed by atoms with E-state index in [0.717, 1.165) is 21.9 Å². The SMILES string of the molecule is Cc1ccc(N2C(=O)CN(S(=O)(=O)c3ccccc3)C[C@@]2(C)C(=O)NCCC(C)C)c(C)c1. The lowest BCUT2D eigenvalue weighted by molar-refractivity contribution is -0.132. The van der Waals surface area contributed by atoms with E-state index >= 15 is 0 Å². The molecule has 0 unspecified atom stereocenters. The summed E-state index contributed by atoms with van der Waals surface area (Å²) in [5.41, 5.74) is 1.10. The van der Waals surface area contributed by atoms with Crippen LogP contribution in [0.2, 0.25) is 0 Å². The fourth-order valence-electron chi connectivity index (χ4n) is 4.17. The highest BCUT2D eigenvalue weighted by atomic mass is 32.2. The third kappa shape index (κ3) is 5.12. The van der Waals surface area contributed by atoms with Crippen LogP contribution >= 0.6 is 0 Å². The molecule has 3 rings (SSSR count). The lowest BCUT2D eigenvalue weighted by Gasteiger charge is -2.47. The number of benzene rings is 2. The summed E-state index contributed by atoms with van der Waals surface area (Å²) < 4.78 is 27.8. The highest BCUT2D eigenvalue weighted by Crippen LogP contribution is 2.34. The molecule has 0 spiro atoms. The summed E-state index contributed by atoms with van der Waals surface area (Å²) >= 11 is 0. The molecule has 1 heterocycles. The van der Waals surface area contributed by atoms with Gasteiger partial charge in [0.1, 0.15) is 5.54 Å². The van der Waals surface area contributed by atoms with Crippen LogP contribution in [0.1, 0.15) is 38.3 Å². The van der Waals surface area contributed by atoms with Crippen molar-refractivity contribution in [1.82, 2.24) is 9.62 Å². The Bertz CT molecular complexity index is 1130. The monoisotopic (exact) mass is 471 g/mol. The number of hydrogen-bond donors (Lipinski definition) is 1. The molecule has 7 nitrogen and oxygen atoms in total. The third-order valence-corrected chi connectivity index (χ3v) is 7.82. The normalized spacial score (nSPS) is 19.7. The van der Waals surface area contributed by atoms with Gasteiger partial charge in [0.25, 0.3) is 0 Å². The Morgan fingerprint density at radius 1 is 1.12 bits per heavy atom. The largest absolute Gasteiger partial charge is 0.354 e. The van der Waals surface area contributed by atoms with E-state index in [1.54, 1.807) is 25.1 Å². The summed E-state index contributed by atoms with van der Waals surface area (Å²) in [6.07, 6.45) is 0.783. The van der Waals surface area contributed by atoms with E-state index in [1.165, 1.54) is 17.0 Å². The molecule has 33 heavy (non-hydrogen) atoms. The van der Waals surface area contributed by atoms with Crippen LogP contribution in [0.3, 0.4) is 0 Å². The molecule has 0 bridgehead atoms. The number of carbonyl (C=O) groups excluding carboxylic acids is 2. The van der Waals surface area contributed by atoms with Crippen molar-refractivity contribution in [2.24, 2.45) is 5.92 Å². The highest BCUT2D eigenvalue weighted by Gasteiger charge is 2.51. The number of carbonyl (C=O) groups is 2. The summed E-state index contributed by atoms with van der Waals surface area (Å²) in [5, 5.41) is 2.93. The van der Waals surface area contributed by atoms with Crippen LogP contribution in [0.15, 0.2) is 53.4 Å². The average molecular weight is 472 g/mol. The molecule has 1 aliphatic rings. The predicted octanol–water partition coefficient (Wildman–Crippen LogP) is 3.26. The Balaban J connectivity index is 2.04. The van der Waals surface area contributed by atoms with Crippen molar-refractivity contribution < 1.29 is 18.0 Å². The van der Waals surface area contributed by atoms with E-state index in [0.29, 0.717) is 18.2 Å². The molecule has 178 valence electrons. The Kier molecular flexibility index (Phi) is 7.29. The topological polar surface area (TPSA) is 86.8 Å². The number of piperazine rings is 1. The summed E-state index contributed by atoms with van der Waals surface area (Å²) in [6.45, 7) is 9.59. The predicted molar refractivity (Wildman–Crippen MR) is 129 cm³/mol. The molecule has 0 aliphatic carbocycles. The molecule has 2 aromatic rings. The van der Waals surface area contributed by atoms with Crippen molar-refractivity contribution in [3.8, 4) is 0 Å². The van der Waals surface area contributed by atoms with Crippen molar-refractivity contribution in [2.45, 2.75) is 51.5 Å². The second-order valence-corrected chi connectivity index (χ2v) is 11.3. The molecule has 1 atom stereocenters. The van der Waals surface area contributed by atoms with Crippen LogP contribution < -0.4 is 10.2 Å². The van der Waals surface area contributed by atoms with Crippen LogP contribution in [0.5, 0.6) is 0 Å². The average Bonchev–Trinajstić information content (AvgIpc) is 2.75. The number of aryl methyl sites for hydroxylation is 2. The summed E-state index contributed by atoms with van der Waals surface area (Å²) in [6, 6.07) is 13.7. The second kappa shape index (κ2) is 9.65. The minimum Gasteiger partial charge on any atom is -0.354 e. The van der Waals surface area contributed by atoms with E-state index in [2.05, 4.69) is 19.2 Å². The van der Waals surface area contributed by atoms with Gasteiger partial charge in [-0.2, -0.15) is 4.31 Å². The van der Waals surface area contributed by atoms with E-state index < -0.39 is 21.5 Å². The van der Waals surface area contributed by atoms with Gasteiger partial charge in [-0.05, 0) is 56.9 Å². The van der Waals surface area contributed by atoms with Crippen molar-refractivity contribution in [1.29, 1.82) is 0 Å². The molecule has 1 fully saturated rings. The minimum atomic E-state index is -3.95. The van der Waals surface area contributed by atoms with E-state index in [1.807, 2.05) is 32.0 Å². The van der Waals surface area contributed by atoms with Gasteiger partial charge in [0.2, 0.25) is 21.8 Å². The Hall–Kier alpha value is -2.71. The number of nitrogens with zero attached hydrogens (tertiary/aromatic N) is 2. The Labute approximate surface area is 196 Å². The molecule has 1 aliphatic heterocycles. The quantitative estimate of drug-likeness (QED) is 0.672. The summed E-state index contributed by atoms with van der Waals surface area (Å²) in [5.74, 6) is -0.407. The zero-order valence-electron chi connectivity index (χ0n) is 20.0. The van der Waals surface area contributed by atoms with Gasteiger partial charge in [-0.15, -0.1) is 0 Å². The van der Waals surface area contributed by atoms with Gasteiger partial charge in [0, 0.05) is 18.8 Å². The minimum absolute atomic E-state index is 0.0975. The number of nitrogens with one attached hydrogen (secondary N) is 1. The smallest absolute Gasteiger partial charge is 0.247 e. The van der Waals surface area contributed by atoms with Crippen molar-refractivity contribution in [3.63, 3.8) is 0 Å². The maximum absolute atomic E-state index is 13.5. The molecule has 8 heteroatoms. The number of amides is 2. The van der Waals surface area contributed by atoms with Crippen LogP contribution in [0.25, 0.3) is 0 Å². The number of rotatable bonds is 7.